The number of rotatable bonds is 7. The van der Waals surface area contributed by atoms with Crippen molar-refractivity contribution in [1.82, 2.24) is 4.98 Å². The van der Waals surface area contributed by atoms with Crippen LogP contribution in [0.5, 0.6) is 0 Å². The molecule has 0 aliphatic rings. The van der Waals surface area contributed by atoms with Crippen LogP contribution in [0.4, 0.5) is 17.2 Å². The van der Waals surface area contributed by atoms with Gasteiger partial charge >= 0.3 is 0 Å². The second kappa shape index (κ2) is 9.32. The summed E-state index contributed by atoms with van der Waals surface area (Å²) in [5.74, 6) is 0.350. The van der Waals surface area contributed by atoms with Gasteiger partial charge in [0.05, 0.1) is 5.56 Å². The molecule has 3 N–H and O–H groups in total. The molecule has 0 saturated carbocycles. The van der Waals surface area contributed by atoms with Crippen LogP contribution in [0, 0.1) is 0 Å². The van der Waals surface area contributed by atoms with Crippen LogP contribution in [-0.4, -0.2) is 23.3 Å². The summed E-state index contributed by atoms with van der Waals surface area (Å²) in [6.45, 7) is 2.21. The van der Waals surface area contributed by atoms with E-state index in [0.717, 1.165) is 18.8 Å². The summed E-state index contributed by atoms with van der Waals surface area (Å²) in [5.41, 5.74) is 3.05. The second-order valence-electron chi connectivity index (χ2n) is 6.31. The van der Waals surface area contributed by atoms with Crippen LogP contribution in [0.1, 0.15) is 22.8 Å². The maximum absolute atomic E-state index is 12.3. The molecule has 3 aromatic rings. The molecule has 2 amide bonds. The van der Waals surface area contributed by atoms with Crippen molar-refractivity contribution >= 4 is 29.0 Å². The number of nitrogens with zero attached hydrogens (tertiary/aromatic N) is 1. The minimum Gasteiger partial charge on any atom is -0.370 e. The first-order valence-corrected chi connectivity index (χ1v) is 9.03. The fourth-order valence-corrected chi connectivity index (χ4v) is 2.66. The van der Waals surface area contributed by atoms with Crippen LogP contribution in [0.2, 0.25) is 0 Å². The number of carbonyl (C=O) groups is 2. The van der Waals surface area contributed by atoms with E-state index in [4.69, 9.17) is 0 Å². The van der Waals surface area contributed by atoms with E-state index in [1.807, 2.05) is 18.2 Å². The van der Waals surface area contributed by atoms with Crippen molar-refractivity contribution < 1.29 is 9.59 Å². The summed E-state index contributed by atoms with van der Waals surface area (Å²) < 4.78 is 0. The number of amides is 2. The van der Waals surface area contributed by atoms with E-state index in [1.54, 1.807) is 42.6 Å². The lowest BCUT2D eigenvalue weighted by atomic mass is 10.1. The number of hydrogen-bond donors (Lipinski definition) is 3. The Hall–Kier alpha value is -3.67. The number of pyridine rings is 1. The lowest BCUT2D eigenvalue weighted by Gasteiger charge is -2.08. The van der Waals surface area contributed by atoms with Crippen LogP contribution in [0.15, 0.2) is 72.9 Å². The van der Waals surface area contributed by atoms with E-state index in [2.05, 4.69) is 33.1 Å². The van der Waals surface area contributed by atoms with Gasteiger partial charge in [0.25, 0.3) is 5.91 Å². The number of carbonyl (C=O) groups excluding carboxylic acids is 2. The predicted octanol–water partition coefficient (Wildman–Crippen LogP) is 3.95. The normalized spacial score (nSPS) is 10.2. The number of anilines is 3. The van der Waals surface area contributed by atoms with Crippen molar-refractivity contribution in [1.29, 1.82) is 0 Å². The third kappa shape index (κ3) is 5.67. The van der Waals surface area contributed by atoms with Crippen molar-refractivity contribution in [3.63, 3.8) is 0 Å². The van der Waals surface area contributed by atoms with Gasteiger partial charge in [-0.1, -0.05) is 30.3 Å². The van der Waals surface area contributed by atoms with Gasteiger partial charge in [-0.3, -0.25) is 9.59 Å². The van der Waals surface area contributed by atoms with Crippen LogP contribution in [-0.2, 0) is 11.2 Å². The molecule has 28 heavy (non-hydrogen) atoms. The van der Waals surface area contributed by atoms with E-state index >= 15 is 0 Å². The highest BCUT2D eigenvalue weighted by Crippen LogP contribution is 2.15. The molecule has 0 saturated heterocycles. The average Bonchev–Trinajstić information content (AvgIpc) is 2.70. The molecule has 0 aliphatic carbocycles. The van der Waals surface area contributed by atoms with Crippen molar-refractivity contribution in [3.05, 3.63) is 84.1 Å². The molecule has 0 radical (unpaired) electrons. The van der Waals surface area contributed by atoms with Crippen molar-refractivity contribution in [2.24, 2.45) is 0 Å². The molecule has 3 rings (SSSR count). The highest BCUT2D eigenvalue weighted by Gasteiger charge is 2.07. The summed E-state index contributed by atoms with van der Waals surface area (Å²) in [6.07, 6.45) is 2.45. The zero-order valence-corrected chi connectivity index (χ0v) is 15.6. The van der Waals surface area contributed by atoms with E-state index in [0.29, 0.717) is 16.9 Å². The Morgan fingerprint density at radius 3 is 2.14 bits per heavy atom. The molecule has 142 valence electrons. The Bertz CT molecular complexity index is 923. The molecule has 6 nitrogen and oxygen atoms in total. The summed E-state index contributed by atoms with van der Waals surface area (Å²) in [6, 6.07) is 20.7. The summed E-state index contributed by atoms with van der Waals surface area (Å²) in [5, 5.41) is 8.75. The average molecular weight is 374 g/mol. The third-order valence-electron chi connectivity index (χ3n) is 4.05. The smallest absolute Gasteiger partial charge is 0.257 e. The predicted molar refractivity (Wildman–Crippen MR) is 112 cm³/mol. The Morgan fingerprint density at radius 2 is 1.54 bits per heavy atom. The maximum atomic E-state index is 12.3. The van der Waals surface area contributed by atoms with Crippen molar-refractivity contribution in [3.8, 4) is 0 Å². The van der Waals surface area contributed by atoms with Crippen LogP contribution >= 0.6 is 0 Å². The molecule has 0 unspecified atom stereocenters. The van der Waals surface area contributed by atoms with Gasteiger partial charge in [-0.25, -0.2) is 4.98 Å². The molecule has 6 heteroatoms. The molecule has 0 atom stereocenters. The number of benzene rings is 2. The first-order chi connectivity index (χ1) is 13.6. The van der Waals surface area contributed by atoms with E-state index in [-0.39, 0.29) is 11.8 Å². The van der Waals surface area contributed by atoms with Crippen molar-refractivity contribution in [2.45, 2.75) is 13.3 Å². The minimum atomic E-state index is -0.240. The van der Waals surface area contributed by atoms with Crippen molar-refractivity contribution in [2.75, 3.05) is 22.5 Å². The fourth-order valence-electron chi connectivity index (χ4n) is 2.66. The topological polar surface area (TPSA) is 83.1 Å². The van der Waals surface area contributed by atoms with E-state index in [1.165, 1.54) is 12.5 Å². The maximum Gasteiger partial charge on any atom is 0.257 e. The standard InChI is InChI=1S/C22H22N4O2/c1-16(27)25-19-8-10-20(11-9-19)26-22(28)18-7-12-21(24-15-18)23-14-13-17-5-3-2-4-6-17/h2-12,15H,13-14H2,1H3,(H,23,24)(H,25,27)(H,26,28). The van der Waals surface area contributed by atoms with Gasteiger partial charge in [0.1, 0.15) is 5.82 Å². The summed E-state index contributed by atoms with van der Waals surface area (Å²) >= 11 is 0. The van der Waals surface area contributed by atoms with Crippen LogP contribution < -0.4 is 16.0 Å². The van der Waals surface area contributed by atoms with E-state index in [9.17, 15) is 9.59 Å². The molecule has 1 aromatic heterocycles. The van der Waals surface area contributed by atoms with E-state index < -0.39 is 0 Å². The zero-order chi connectivity index (χ0) is 19.8. The molecule has 0 aliphatic heterocycles. The third-order valence-corrected chi connectivity index (χ3v) is 4.05. The SMILES string of the molecule is CC(=O)Nc1ccc(NC(=O)c2ccc(NCCc3ccccc3)nc2)cc1. The molecule has 2 aromatic carbocycles. The molecule has 0 spiro atoms. The zero-order valence-electron chi connectivity index (χ0n) is 15.6. The lowest BCUT2D eigenvalue weighted by Crippen LogP contribution is -2.13. The summed E-state index contributed by atoms with van der Waals surface area (Å²) in [7, 11) is 0. The quantitative estimate of drug-likeness (QED) is 0.585. The van der Waals surface area contributed by atoms with Gasteiger partial charge in [0, 0.05) is 31.0 Å². The summed E-state index contributed by atoms with van der Waals surface area (Å²) in [4.78, 5) is 27.7. The largest absolute Gasteiger partial charge is 0.370 e. The van der Waals surface area contributed by atoms with Gasteiger partial charge < -0.3 is 16.0 Å². The minimum absolute atomic E-state index is 0.139. The molecule has 0 bridgehead atoms. The molecular formula is C22H22N4O2. The molecule has 1 heterocycles. The van der Waals surface area contributed by atoms with Gasteiger partial charge in [-0.15, -0.1) is 0 Å². The Morgan fingerprint density at radius 1 is 0.857 bits per heavy atom. The Kier molecular flexibility index (Phi) is 6.36. The van der Waals surface area contributed by atoms with Gasteiger partial charge in [0.2, 0.25) is 5.91 Å². The number of nitrogens with one attached hydrogen (secondary N) is 3. The number of hydrogen-bond acceptors (Lipinski definition) is 4. The van der Waals surface area contributed by atoms with Crippen LogP contribution in [0.25, 0.3) is 0 Å². The highest BCUT2D eigenvalue weighted by atomic mass is 16.2. The molecular weight excluding hydrogens is 352 g/mol. The fraction of sp³-hybridized carbons (Fsp3) is 0.136. The number of aromatic nitrogens is 1. The van der Waals surface area contributed by atoms with Gasteiger partial charge in [-0.05, 0) is 48.4 Å². The Labute approximate surface area is 164 Å². The van der Waals surface area contributed by atoms with Gasteiger partial charge in [0.15, 0.2) is 0 Å². The monoisotopic (exact) mass is 374 g/mol. The lowest BCUT2D eigenvalue weighted by molar-refractivity contribution is -0.114. The molecule has 0 fully saturated rings. The Balaban J connectivity index is 1.51. The first kappa shape index (κ1) is 19.1. The second-order valence-corrected chi connectivity index (χ2v) is 6.31. The van der Waals surface area contributed by atoms with Crippen LogP contribution in [0.3, 0.4) is 0 Å². The first-order valence-electron chi connectivity index (χ1n) is 9.03. The highest BCUT2D eigenvalue weighted by molar-refractivity contribution is 6.04. The van der Waals surface area contributed by atoms with Gasteiger partial charge in [-0.2, -0.15) is 0 Å².